The summed E-state index contributed by atoms with van der Waals surface area (Å²) in [5.41, 5.74) is 3.18. The number of hydrogen-bond donors (Lipinski definition) is 2. The normalized spacial score (nSPS) is 20.8. The van der Waals surface area contributed by atoms with Gasteiger partial charge in [-0.25, -0.2) is 8.42 Å². The molecule has 2 aliphatic rings. The molecule has 0 radical (unpaired) electrons. The Hall–Kier alpha value is -2.09. The number of carbonyl (C=O) groups is 1. The summed E-state index contributed by atoms with van der Waals surface area (Å²) in [5, 5.41) is 3.36. The second-order valence-corrected chi connectivity index (χ2v) is 9.50. The molecule has 2 heterocycles. The molecule has 0 saturated carbocycles. The lowest BCUT2D eigenvalue weighted by Crippen LogP contribution is -2.31. The van der Waals surface area contributed by atoms with Crippen LogP contribution in [0.2, 0.25) is 0 Å². The third-order valence-electron chi connectivity index (χ3n) is 5.85. The van der Waals surface area contributed by atoms with Crippen molar-refractivity contribution >= 4 is 34.0 Å². The first kappa shape index (κ1) is 21.6. The van der Waals surface area contributed by atoms with Gasteiger partial charge in [-0.2, -0.15) is 0 Å². The highest BCUT2D eigenvalue weighted by atomic mass is 35.5. The number of nitrogens with one attached hydrogen (secondary N) is 2. The van der Waals surface area contributed by atoms with E-state index in [1.54, 1.807) is 18.2 Å². The molecule has 6 nitrogen and oxygen atoms in total. The molecule has 4 rings (SSSR count). The van der Waals surface area contributed by atoms with E-state index in [-0.39, 0.29) is 23.2 Å². The number of likely N-dealkylation sites (tertiary alicyclic amines) is 1. The molecule has 2 fully saturated rings. The fraction of sp³-hybridized carbons (Fsp3) is 0.381. The minimum Gasteiger partial charge on any atom is -0.338 e. The minimum atomic E-state index is -3.70. The second kappa shape index (κ2) is 8.34. The zero-order valence-corrected chi connectivity index (χ0v) is 18.1. The maximum absolute atomic E-state index is 12.7. The van der Waals surface area contributed by atoms with Gasteiger partial charge in [0.15, 0.2) is 0 Å². The summed E-state index contributed by atoms with van der Waals surface area (Å²) in [6.45, 7) is 7.39. The zero-order chi connectivity index (χ0) is 19.9. The number of rotatable bonds is 4. The number of carbonyl (C=O) groups excluding carboxylic acids is 1. The number of nitrogens with zero attached hydrogens (tertiary/aromatic N) is 1. The Balaban J connectivity index is 0.00000240. The van der Waals surface area contributed by atoms with Crippen LogP contribution in [0.3, 0.4) is 0 Å². The monoisotopic (exact) mass is 435 g/mol. The lowest BCUT2D eigenvalue weighted by molar-refractivity contribution is 0.0781. The molecule has 2 atom stereocenters. The summed E-state index contributed by atoms with van der Waals surface area (Å²) in [5.74, 6) is 1.04. The van der Waals surface area contributed by atoms with Gasteiger partial charge in [0.25, 0.3) is 15.9 Å². The van der Waals surface area contributed by atoms with Crippen LogP contribution in [0.1, 0.15) is 21.5 Å². The second-order valence-electron chi connectivity index (χ2n) is 7.82. The average molecular weight is 436 g/mol. The van der Waals surface area contributed by atoms with Crippen molar-refractivity contribution < 1.29 is 13.2 Å². The molecule has 2 aromatic rings. The highest BCUT2D eigenvalue weighted by Gasteiger charge is 2.38. The number of sulfonamides is 1. The predicted molar refractivity (Wildman–Crippen MR) is 116 cm³/mol. The molecule has 0 bridgehead atoms. The third-order valence-corrected chi connectivity index (χ3v) is 7.24. The van der Waals surface area contributed by atoms with E-state index in [1.807, 2.05) is 30.9 Å². The largest absolute Gasteiger partial charge is 0.338 e. The molecule has 156 valence electrons. The van der Waals surface area contributed by atoms with Crippen molar-refractivity contribution in [2.24, 2.45) is 11.8 Å². The Kier molecular flexibility index (Phi) is 6.22. The number of fused-ring (bicyclic) bond motifs is 1. The highest BCUT2D eigenvalue weighted by molar-refractivity contribution is 7.92. The first-order valence-corrected chi connectivity index (χ1v) is 11.0. The summed E-state index contributed by atoms with van der Waals surface area (Å²) >= 11 is 0. The summed E-state index contributed by atoms with van der Waals surface area (Å²) in [6.07, 6.45) is 0. The van der Waals surface area contributed by atoms with Gasteiger partial charge in [-0.3, -0.25) is 9.52 Å². The molecule has 2 aliphatic heterocycles. The van der Waals surface area contributed by atoms with Crippen LogP contribution in [0.25, 0.3) is 0 Å². The van der Waals surface area contributed by atoms with E-state index in [9.17, 15) is 13.2 Å². The van der Waals surface area contributed by atoms with Gasteiger partial charge in [0.1, 0.15) is 0 Å². The first-order valence-electron chi connectivity index (χ1n) is 9.53. The van der Waals surface area contributed by atoms with Crippen LogP contribution in [-0.4, -0.2) is 45.4 Å². The minimum absolute atomic E-state index is 0. The molecular weight excluding hydrogens is 410 g/mol. The van der Waals surface area contributed by atoms with Gasteiger partial charge in [0.05, 0.1) is 4.90 Å². The molecule has 2 N–H and O–H groups in total. The fourth-order valence-corrected chi connectivity index (χ4v) is 5.05. The van der Waals surface area contributed by atoms with Crippen LogP contribution < -0.4 is 10.0 Å². The van der Waals surface area contributed by atoms with Crippen molar-refractivity contribution in [2.45, 2.75) is 18.7 Å². The van der Waals surface area contributed by atoms with Gasteiger partial charge in [0, 0.05) is 37.4 Å². The van der Waals surface area contributed by atoms with Crippen molar-refractivity contribution in [2.75, 3.05) is 30.9 Å². The van der Waals surface area contributed by atoms with Gasteiger partial charge < -0.3 is 10.2 Å². The van der Waals surface area contributed by atoms with E-state index in [1.165, 1.54) is 12.1 Å². The van der Waals surface area contributed by atoms with Gasteiger partial charge in [0.2, 0.25) is 0 Å². The Morgan fingerprint density at radius 2 is 1.62 bits per heavy atom. The quantitative estimate of drug-likeness (QED) is 0.774. The molecule has 1 amide bonds. The van der Waals surface area contributed by atoms with E-state index < -0.39 is 10.0 Å². The van der Waals surface area contributed by atoms with E-state index >= 15 is 0 Å². The molecular formula is C21H26ClN3O3S. The SMILES string of the molecule is Cc1ccc(NS(=O)(=O)c2ccc(C(=O)N3C[C@H]4CNC[C@H]4C3)cc2)cc1C.Cl. The lowest BCUT2D eigenvalue weighted by Gasteiger charge is -2.17. The predicted octanol–water partition coefficient (Wildman–Crippen LogP) is 2.82. The van der Waals surface area contributed by atoms with Crippen LogP contribution in [0.4, 0.5) is 5.69 Å². The summed E-state index contributed by atoms with van der Waals surface area (Å²) in [6, 6.07) is 11.6. The van der Waals surface area contributed by atoms with Gasteiger partial charge >= 0.3 is 0 Å². The number of halogens is 1. The van der Waals surface area contributed by atoms with Crippen LogP contribution in [0, 0.1) is 25.7 Å². The molecule has 0 spiro atoms. The van der Waals surface area contributed by atoms with Crippen LogP contribution in [0.15, 0.2) is 47.4 Å². The van der Waals surface area contributed by atoms with E-state index in [0.717, 1.165) is 37.3 Å². The Bertz CT molecular complexity index is 996. The molecule has 0 aliphatic carbocycles. The Morgan fingerprint density at radius 3 is 2.21 bits per heavy atom. The molecule has 29 heavy (non-hydrogen) atoms. The lowest BCUT2D eigenvalue weighted by atomic mass is 10.0. The summed E-state index contributed by atoms with van der Waals surface area (Å²) < 4.78 is 27.9. The maximum atomic E-state index is 12.7. The van der Waals surface area contributed by atoms with E-state index in [2.05, 4.69) is 10.0 Å². The molecule has 2 aromatic carbocycles. The topological polar surface area (TPSA) is 78.5 Å². The van der Waals surface area contributed by atoms with Crippen molar-refractivity contribution in [3.05, 3.63) is 59.2 Å². The zero-order valence-electron chi connectivity index (χ0n) is 16.5. The van der Waals surface area contributed by atoms with Crippen molar-refractivity contribution in [1.29, 1.82) is 0 Å². The van der Waals surface area contributed by atoms with Gasteiger partial charge in [-0.15, -0.1) is 12.4 Å². The van der Waals surface area contributed by atoms with Crippen molar-refractivity contribution in [1.82, 2.24) is 10.2 Å². The number of benzene rings is 2. The van der Waals surface area contributed by atoms with Crippen LogP contribution >= 0.6 is 12.4 Å². The average Bonchev–Trinajstić information content (AvgIpc) is 3.26. The molecule has 0 unspecified atom stereocenters. The number of amides is 1. The summed E-state index contributed by atoms with van der Waals surface area (Å²) in [4.78, 5) is 14.8. The Morgan fingerprint density at radius 1 is 1.00 bits per heavy atom. The van der Waals surface area contributed by atoms with Gasteiger partial charge in [-0.05, 0) is 73.2 Å². The van der Waals surface area contributed by atoms with Crippen molar-refractivity contribution in [3.8, 4) is 0 Å². The van der Waals surface area contributed by atoms with E-state index in [0.29, 0.717) is 23.1 Å². The smallest absolute Gasteiger partial charge is 0.261 e. The number of hydrogen-bond acceptors (Lipinski definition) is 4. The standard InChI is InChI=1S/C21H25N3O3S.ClH/c1-14-3-6-19(9-15(14)2)23-28(26,27)20-7-4-16(5-8-20)21(25)24-12-17-10-22-11-18(17)13-24;/h3-9,17-18,22-23H,10-13H2,1-2H3;1H/t17-,18+;. The van der Waals surface area contributed by atoms with Crippen molar-refractivity contribution in [3.63, 3.8) is 0 Å². The van der Waals surface area contributed by atoms with Crippen LogP contribution in [0.5, 0.6) is 0 Å². The van der Waals surface area contributed by atoms with Crippen LogP contribution in [-0.2, 0) is 10.0 Å². The third kappa shape index (κ3) is 4.42. The number of anilines is 1. The summed E-state index contributed by atoms with van der Waals surface area (Å²) in [7, 11) is -3.70. The molecule has 2 saturated heterocycles. The first-order chi connectivity index (χ1) is 13.3. The fourth-order valence-electron chi connectivity index (χ4n) is 4.00. The van der Waals surface area contributed by atoms with E-state index in [4.69, 9.17) is 0 Å². The highest BCUT2D eigenvalue weighted by Crippen LogP contribution is 2.27. The number of aryl methyl sites for hydroxylation is 2. The molecule has 8 heteroatoms. The Labute approximate surface area is 178 Å². The van der Waals surface area contributed by atoms with Gasteiger partial charge in [-0.1, -0.05) is 6.07 Å². The molecule has 0 aromatic heterocycles. The maximum Gasteiger partial charge on any atom is 0.261 e.